The van der Waals surface area contributed by atoms with Crippen LogP contribution < -0.4 is 5.32 Å². The Morgan fingerprint density at radius 3 is 2.59 bits per heavy atom. The molecule has 1 aromatic heterocycles. The number of likely N-dealkylation sites (tertiary alicyclic amines) is 2. The molecule has 1 aliphatic carbocycles. The van der Waals surface area contributed by atoms with Gasteiger partial charge in [-0.05, 0) is 62.9 Å². The molecule has 1 saturated carbocycles. The van der Waals surface area contributed by atoms with Gasteiger partial charge in [0.25, 0.3) is 0 Å². The minimum absolute atomic E-state index is 0.208. The summed E-state index contributed by atoms with van der Waals surface area (Å²) in [4.78, 5) is 16.0. The van der Waals surface area contributed by atoms with Crippen molar-refractivity contribution in [1.82, 2.24) is 20.3 Å². The summed E-state index contributed by atoms with van der Waals surface area (Å²) in [5, 5.41) is 8.27. The molecule has 0 radical (unpaired) electrons. The van der Waals surface area contributed by atoms with Gasteiger partial charge in [0, 0.05) is 38.2 Å². The van der Waals surface area contributed by atoms with Gasteiger partial charge in [0.15, 0.2) is 5.76 Å². The maximum absolute atomic E-state index is 11.5. The number of piperidine rings is 2. The molecule has 3 aliphatic rings. The van der Waals surface area contributed by atoms with Crippen molar-refractivity contribution in [2.45, 2.75) is 84.3 Å². The van der Waals surface area contributed by atoms with Crippen LogP contribution in [0.4, 0.5) is 0 Å². The molecule has 0 bridgehead atoms. The Kier molecular flexibility index (Phi) is 6.30. The molecule has 6 nitrogen and oxygen atoms in total. The first-order valence-corrected chi connectivity index (χ1v) is 11.6. The Morgan fingerprint density at radius 2 is 1.93 bits per heavy atom. The van der Waals surface area contributed by atoms with Crippen molar-refractivity contribution in [3.8, 4) is 0 Å². The lowest BCUT2D eigenvalue weighted by Gasteiger charge is -2.54. The highest BCUT2D eigenvalue weighted by molar-refractivity contribution is 5.73. The van der Waals surface area contributed by atoms with Crippen molar-refractivity contribution in [3.63, 3.8) is 0 Å². The number of rotatable bonds is 6. The van der Waals surface area contributed by atoms with E-state index in [4.69, 9.17) is 4.52 Å². The van der Waals surface area contributed by atoms with E-state index in [2.05, 4.69) is 35.3 Å². The van der Waals surface area contributed by atoms with Gasteiger partial charge in [0.05, 0.1) is 12.2 Å². The summed E-state index contributed by atoms with van der Waals surface area (Å²) in [7, 11) is 0. The van der Waals surface area contributed by atoms with Crippen LogP contribution in [0.2, 0.25) is 0 Å². The molecule has 3 heterocycles. The SMILES string of the molecule is CC(=O)N1CCC(N[C@H]2C[C@@H](Cc3cc(CN4CCCCC4)on3)C2(C)C)CC1. The highest BCUT2D eigenvalue weighted by Gasteiger charge is 2.48. The maximum Gasteiger partial charge on any atom is 0.219 e. The molecular weight excluding hydrogens is 364 g/mol. The van der Waals surface area contributed by atoms with Crippen LogP contribution in [0.1, 0.15) is 70.8 Å². The normalized spacial score (nSPS) is 28.3. The van der Waals surface area contributed by atoms with Crippen molar-refractivity contribution < 1.29 is 9.32 Å². The second kappa shape index (κ2) is 8.76. The lowest BCUT2D eigenvalue weighted by molar-refractivity contribution is -0.130. The largest absolute Gasteiger partial charge is 0.360 e. The van der Waals surface area contributed by atoms with Crippen molar-refractivity contribution >= 4 is 5.91 Å². The second-order valence-electron chi connectivity index (χ2n) is 10.1. The van der Waals surface area contributed by atoms with Crippen LogP contribution in [0.15, 0.2) is 10.6 Å². The molecule has 2 aliphatic heterocycles. The zero-order chi connectivity index (χ0) is 20.4. The van der Waals surface area contributed by atoms with E-state index < -0.39 is 0 Å². The Balaban J connectivity index is 1.23. The third kappa shape index (κ3) is 4.85. The highest BCUT2D eigenvalue weighted by atomic mass is 16.5. The van der Waals surface area contributed by atoms with Gasteiger partial charge in [-0.25, -0.2) is 0 Å². The molecule has 1 N–H and O–H groups in total. The Hall–Kier alpha value is -1.40. The van der Waals surface area contributed by atoms with E-state index in [0.29, 0.717) is 18.0 Å². The lowest BCUT2D eigenvalue weighted by atomic mass is 9.57. The first kappa shape index (κ1) is 20.9. The van der Waals surface area contributed by atoms with Crippen LogP contribution in [-0.4, -0.2) is 59.1 Å². The zero-order valence-corrected chi connectivity index (χ0v) is 18.5. The van der Waals surface area contributed by atoms with Crippen LogP contribution in [0.3, 0.4) is 0 Å². The van der Waals surface area contributed by atoms with E-state index in [1.807, 2.05) is 4.90 Å². The summed E-state index contributed by atoms with van der Waals surface area (Å²) in [5.41, 5.74) is 1.38. The lowest BCUT2D eigenvalue weighted by Crippen LogP contribution is -2.61. The van der Waals surface area contributed by atoms with Gasteiger partial charge < -0.3 is 14.7 Å². The second-order valence-corrected chi connectivity index (χ2v) is 10.1. The monoisotopic (exact) mass is 402 g/mol. The van der Waals surface area contributed by atoms with Crippen molar-refractivity contribution in [3.05, 3.63) is 17.5 Å². The molecule has 2 saturated heterocycles. The molecule has 162 valence electrons. The summed E-state index contributed by atoms with van der Waals surface area (Å²) in [6, 6.07) is 3.28. The van der Waals surface area contributed by atoms with E-state index >= 15 is 0 Å². The number of aromatic nitrogens is 1. The van der Waals surface area contributed by atoms with Crippen LogP contribution >= 0.6 is 0 Å². The zero-order valence-electron chi connectivity index (χ0n) is 18.5. The van der Waals surface area contributed by atoms with Gasteiger partial charge in [-0.15, -0.1) is 0 Å². The number of hydrogen-bond acceptors (Lipinski definition) is 5. The number of carbonyl (C=O) groups excluding carboxylic acids is 1. The van der Waals surface area contributed by atoms with E-state index in [1.54, 1.807) is 6.92 Å². The average molecular weight is 403 g/mol. The van der Waals surface area contributed by atoms with E-state index in [9.17, 15) is 4.79 Å². The number of hydrogen-bond donors (Lipinski definition) is 1. The van der Waals surface area contributed by atoms with Crippen LogP contribution in [-0.2, 0) is 17.8 Å². The van der Waals surface area contributed by atoms with Crippen LogP contribution in [0.5, 0.6) is 0 Å². The fourth-order valence-electron chi connectivity index (χ4n) is 5.41. The van der Waals surface area contributed by atoms with Crippen molar-refractivity contribution in [1.29, 1.82) is 0 Å². The Bertz CT molecular complexity index is 687. The fourth-order valence-corrected chi connectivity index (χ4v) is 5.41. The molecule has 4 rings (SSSR count). The van der Waals surface area contributed by atoms with E-state index in [0.717, 1.165) is 50.4 Å². The summed E-state index contributed by atoms with van der Waals surface area (Å²) >= 11 is 0. The van der Waals surface area contributed by atoms with Crippen LogP contribution in [0.25, 0.3) is 0 Å². The first-order chi connectivity index (χ1) is 13.9. The number of nitrogens with zero attached hydrogens (tertiary/aromatic N) is 3. The Morgan fingerprint density at radius 1 is 1.21 bits per heavy atom. The summed E-state index contributed by atoms with van der Waals surface area (Å²) in [5.74, 6) is 1.87. The molecule has 29 heavy (non-hydrogen) atoms. The minimum Gasteiger partial charge on any atom is -0.360 e. The predicted octanol–water partition coefficient (Wildman–Crippen LogP) is 3.22. The topological polar surface area (TPSA) is 61.6 Å². The third-order valence-electron chi connectivity index (χ3n) is 7.74. The van der Waals surface area contributed by atoms with Crippen molar-refractivity contribution in [2.24, 2.45) is 11.3 Å². The predicted molar refractivity (Wildman–Crippen MR) is 113 cm³/mol. The Labute approximate surface area is 175 Å². The standard InChI is InChI=1S/C23H38N4O2/c1-17(28)27-11-7-19(8-12-27)24-22-14-18(23(22,2)3)13-20-15-21(29-25-20)16-26-9-5-4-6-10-26/h15,18-19,22,24H,4-14,16H2,1-3H3/t18-,22+/m1/s1. The summed E-state index contributed by atoms with van der Waals surface area (Å²) in [6.45, 7) is 11.5. The molecule has 1 amide bonds. The van der Waals surface area contributed by atoms with Gasteiger partial charge >= 0.3 is 0 Å². The number of carbonyl (C=O) groups is 1. The van der Waals surface area contributed by atoms with Gasteiger partial charge in [-0.1, -0.05) is 25.4 Å². The first-order valence-electron chi connectivity index (χ1n) is 11.6. The molecular formula is C23H38N4O2. The maximum atomic E-state index is 11.5. The molecule has 3 fully saturated rings. The molecule has 2 atom stereocenters. The van der Waals surface area contributed by atoms with Crippen LogP contribution in [0, 0.1) is 11.3 Å². The smallest absolute Gasteiger partial charge is 0.219 e. The molecule has 0 spiro atoms. The molecule has 6 heteroatoms. The fraction of sp³-hybridized carbons (Fsp3) is 0.826. The summed E-state index contributed by atoms with van der Waals surface area (Å²) in [6.07, 6.45) is 8.32. The third-order valence-corrected chi connectivity index (χ3v) is 7.74. The number of nitrogens with one attached hydrogen (secondary N) is 1. The molecule has 0 unspecified atom stereocenters. The van der Waals surface area contributed by atoms with Gasteiger partial charge in [-0.2, -0.15) is 0 Å². The van der Waals surface area contributed by atoms with E-state index in [-0.39, 0.29) is 11.3 Å². The quantitative estimate of drug-likeness (QED) is 0.792. The minimum atomic E-state index is 0.208. The molecule has 1 aromatic rings. The molecule has 0 aromatic carbocycles. The van der Waals surface area contributed by atoms with Crippen molar-refractivity contribution in [2.75, 3.05) is 26.2 Å². The highest BCUT2D eigenvalue weighted by Crippen LogP contribution is 2.48. The average Bonchev–Trinajstić information content (AvgIpc) is 3.15. The summed E-state index contributed by atoms with van der Waals surface area (Å²) < 4.78 is 5.64. The van der Waals surface area contributed by atoms with E-state index in [1.165, 1.54) is 38.8 Å². The van der Waals surface area contributed by atoms with Gasteiger partial charge in [-0.3, -0.25) is 9.69 Å². The van der Waals surface area contributed by atoms with Gasteiger partial charge in [0.1, 0.15) is 0 Å². The number of amides is 1. The van der Waals surface area contributed by atoms with Gasteiger partial charge in [0.2, 0.25) is 5.91 Å².